The molecule has 0 N–H and O–H groups in total. The predicted octanol–water partition coefficient (Wildman–Crippen LogP) is 7.20. The molecule has 0 nitrogen and oxygen atoms in total. The van der Waals surface area contributed by atoms with Crippen molar-refractivity contribution in [3.05, 3.63) is 77.9 Å². The summed E-state index contributed by atoms with van der Waals surface area (Å²) in [6.45, 7) is 4.24. The maximum atomic E-state index is 2.48. The smallest absolute Gasteiger partial charge is 0.0184 e. The Morgan fingerprint density at radius 3 is 2.12 bits per heavy atom. The van der Waals surface area contributed by atoms with Crippen molar-refractivity contribution in [1.82, 2.24) is 0 Å². The molecule has 1 aliphatic rings. The summed E-state index contributed by atoms with van der Waals surface area (Å²) in [6, 6.07) is 17.9. The largest absolute Gasteiger partial charge is 0.0917 e. The molecule has 0 fully saturated rings. The van der Waals surface area contributed by atoms with Crippen LogP contribution in [0.3, 0.4) is 0 Å². The van der Waals surface area contributed by atoms with Gasteiger partial charge in [-0.15, -0.1) is 0 Å². The van der Waals surface area contributed by atoms with E-state index in [0.717, 1.165) is 5.92 Å². The lowest BCUT2D eigenvalue weighted by Gasteiger charge is -2.22. The monoisotopic (exact) mass is 316 g/mol. The minimum absolute atomic E-state index is 0.872. The van der Waals surface area contributed by atoms with Gasteiger partial charge >= 0.3 is 0 Å². The van der Waals surface area contributed by atoms with Crippen molar-refractivity contribution in [3.8, 4) is 11.1 Å². The molecule has 0 aromatic heterocycles. The Bertz CT molecular complexity index is 699. The normalized spacial score (nSPS) is 17.9. The molecular weight excluding hydrogens is 288 g/mol. The lowest BCUT2D eigenvalue weighted by atomic mass is 9.84. The van der Waals surface area contributed by atoms with E-state index in [9.17, 15) is 0 Å². The second kappa shape index (κ2) is 8.15. The van der Waals surface area contributed by atoms with Gasteiger partial charge in [-0.05, 0) is 74.1 Å². The van der Waals surface area contributed by atoms with Crippen LogP contribution < -0.4 is 0 Å². The highest BCUT2D eigenvalue weighted by atomic mass is 14.2. The summed E-state index contributed by atoms with van der Waals surface area (Å²) in [4.78, 5) is 0. The second-order valence-electron chi connectivity index (χ2n) is 6.96. The number of hydrogen-bond donors (Lipinski definition) is 0. The molecule has 1 atom stereocenters. The van der Waals surface area contributed by atoms with Gasteiger partial charge in [0, 0.05) is 0 Å². The van der Waals surface area contributed by atoms with Gasteiger partial charge in [-0.3, -0.25) is 0 Å². The molecule has 2 aromatic carbocycles. The summed E-state index contributed by atoms with van der Waals surface area (Å²) in [6.07, 6.45) is 13.3. The van der Waals surface area contributed by atoms with Gasteiger partial charge in [-0.2, -0.15) is 0 Å². The van der Waals surface area contributed by atoms with Crippen LogP contribution in [-0.4, -0.2) is 0 Å². The molecule has 0 saturated heterocycles. The summed E-state index contributed by atoms with van der Waals surface area (Å²) in [5.74, 6) is 0.872. The standard InChI is InChI=1S/C24H28/c1-3-4-5-6-20-9-13-22(14-10-20)24-17-15-23(16-18-24)21-11-7-19(2)8-12-21/h3-4,7-8,11-13,15-18,20H,5-6,9-10,14H2,1-2H3/b4-3+. The predicted molar refractivity (Wildman–Crippen MR) is 106 cm³/mol. The van der Waals surface area contributed by atoms with E-state index in [-0.39, 0.29) is 0 Å². The van der Waals surface area contributed by atoms with Crippen molar-refractivity contribution in [2.24, 2.45) is 5.92 Å². The third-order valence-corrected chi connectivity index (χ3v) is 5.14. The minimum atomic E-state index is 0.872. The average molecular weight is 316 g/mol. The zero-order valence-electron chi connectivity index (χ0n) is 15.0. The van der Waals surface area contributed by atoms with Crippen LogP contribution in [0.4, 0.5) is 0 Å². The van der Waals surface area contributed by atoms with Crippen molar-refractivity contribution in [2.75, 3.05) is 0 Å². The van der Waals surface area contributed by atoms with E-state index >= 15 is 0 Å². The van der Waals surface area contributed by atoms with Crippen LogP contribution in [0, 0.1) is 12.8 Å². The van der Waals surface area contributed by atoms with Crippen LogP contribution in [-0.2, 0) is 0 Å². The molecule has 24 heavy (non-hydrogen) atoms. The maximum absolute atomic E-state index is 2.48. The maximum Gasteiger partial charge on any atom is -0.0184 e. The number of benzene rings is 2. The number of aryl methyl sites for hydroxylation is 1. The summed E-state index contributed by atoms with van der Waals surface area (Å²) in [5, 5.41) is 0. The van der Waals surface area contributed by atoms with Crippen molar-refractivity contribution < 1.29 is 0 Å². The molecule has 0 saturated carbocycles. The van der Waals surface area contributed by atoms with Crippen LogP contribution in [0.15, 0.2) is 66.8 Å². The van der Waals surface area contributed by atoms with Crippen LogP contribution in [0.2, 0.25) is 0 Å². The Morgan fingerprint density at radius 2 is 1.54 bits per heavy atom. The molecular formula is C24H28. The highest BCUT2D eigenvalue weighted by Crippen LogP contribution is 2.33. The molecule has 1 aliphatic carbocycles. The molecule has 3 rings (SSSR count). The number of allylic oxidation sites excluding steroid dienone is 4. The number of rotatable bonds is 5. The van der Waals surface area contributed by atoms with E-state index in [0.29, 0.717) is 0 Å². The van der Waals surface area contributed by atoms with Gasteiger partial charge in [0.15, 0.2) is 0 Å². The van der Waals surface area contributed by atoms with Gasteiger partial charge in [0.25, 0.3) is 0 Å². The van der Waals surface area contributed by atoms with Crippen molar-refractivity contribution in [1.29, 1.82) is 0 Å². The van der Waals surface area contributed by atoms with Gasteiger partial charge in [0.1, 0.15) is 0 Å². The zero-order chi connectivity index (χ0) is 16.8. The Balaban J connectivity index is 1.65. The van der Waals surface area contributed by atoms with Crippen LogP contribution in [0.25, 0.3) is 16.7 Å². The molecule has 124 valence electrons. The second-order valence-corrected chi connectivity index (χ2v) is 6.96. The fourth-order valence-corrected chi connectivity index (χ4v) is 3.53. The fourth-order valence-electron chi connectivity index (χ4n) is 3.53. The van der Waals surface area contributed by atoms with Gasteiger partial charge in [-0.1, -0.05) is 72.3 Å². The van der Waals surface area contributed by atoms with Crippen molar-refractivity contribution >= 4 is 5.57 Å². The van der Waals surface area contributed by atoms with Crippen LogP contribution in [0.1, 0.15) is 50.2 Å². The lowest BCUT2D eigenvalue weighted by molar-refractivity contribution is 0.454. The fraction of sp³-hybridized carbons (Fsp3) is 0.333. The van der Waals surface area contributed by atoms with Crippen LogP contribution >= 0.6 is 0 Å². The first kappa shape index (κ1) is 16.8. The van der Waals surface area contributed by atoms with Crippen molar-refractivity contribution in [2.45, 2.75) is 46.0 Å². The first-order valence-corrected chi connectivity index (χ1v) is 9.24. The van der Waals surface area contributed by atoms with E-state index in [1.807, 2.05) is 0 Å². The zero-order valence-corrected chi connectivity index (χ0v) is 15.0. The molecule has 0 radical (unpaired) electrons. The highest BCUT2D eigenvalue weighted by Gasteiger charge is 2.14. The third kappa shape index (κ3) is 4.26. The van der Waals surface area contributed by atoms with Gasteiger partial charge < -0.3 is 0 Å². The molecule has 0 heterocycles. The van der Waals surface area contributed by atoms with E-state index in [2.05, 4.69) is 80.6 Å². The minimum Gasteiger partial charge on any atom is -0.0917 e. The first-order valence-electron chi connectivity index (χ1n) is 9.24. The Hall–Kier alpha value is -2.08. The lowest BCUT2D eigenvalue weighted by Crippen LogP contribution is -2.05. The van der Waals surface area contributed by atoms with E-state index in [1.165, 1.54) is 59.9 Å². The molecule has 0 spiro atoms. The molecule has 2 aromatic rings. The summed E-state index contributed by atoms with van der Waals surface area (Å²) in [5.41, 5.74) is 6.85. The molecule has 0 amide bonds. The SMILES string of the molecule is C/C=C/CCC1CC=C(c2ccc(-c3ccc(C)cc3)cc2)CC1. The Labute approximate surface area is 146 Å². The topological polar surface area (TPSA) is 0 Å². The van der Waals surface area contributed by atoms with E-state index < -0.39 is 0 Å². The van der Waals surface area contributed by atoms with Gasteiger partial charge in [-0.25, -0.2) is 0 Å². The Kier molecular flexibility index (Phi) is 5.69. The number of hydrogen-bond acceptors (Lipinski definition) is 0. The average Bonchev–Trinajstić information content (AvgIpc) is 2.63. The molecule has 0 heteroatoms. The molecule has 0 aliphatic heterocycles. The molecule has 1 unspecified atom stereocenters. The first-order chi connectivity index (χ1) is 11.8. The van der Waals surface area contributed by atoms with Crippen LogP contribution in [0.5, 0.6) is 0 Å². The summed E-state index contributed by atoms with van der Waals surface area (Å²) >= 11 is 0. The van der Waals surface area contributed by atoms with Gasteiger partial charge in [0.05, 0.1) is 0 Å². The molecule has 0 bridgehead atoms. The highest BCUT2D eigenvalue weighted by molar-refractivity contribution is 5.71. The summed E-state index contributed by atoms with van der Waals surface area (Å²) in [7, 11) is 0. The Morgan fingerprint density at radius 1 is 0.917 bits per heavy atom. The van der Waals surface area contributed by atoms with Gasteiger partial charge in [0.2, 0.25) is 0 Å². The third-order valence-electron chi connectivity index (χ3n) is 5.14. The van der Waals surface area contributed by atoms with E-state index in [1.54, 1.807) is 0 Å². The van der Waals surface area contributed by atoms with E-state index in [4.69, 9.17) is 0 Å². The quantitative estimate of drug-likeness (QED) is 0.511. The van der Waals surface area contributed by atoms with Crippen molar-refractivity contribution in [3.63, 3.8) is 0 Å². The summed E-state index contributed by atoms with van der Waals surface area (Å²) < 4.78 is 0.